The minimum Gasteiger partial charge on any atom is -0.490 e. The van der Waals surface area contributed by atoms with E-state index in [-0.39, 0.29) is 5.91 Å². The molecule has 0 aliphatic carbocycles. The largest absolute Gasteiger partial charge is 0.490 e. The predicted molar refractivity (Wildman–Crippen MR) is 122 cm³/mol. The van der Waals surface area contributed by atoms with E-state index in [0.717, 1.165) is 12.0 Å². The maximum Gasteiger partial charge on any atom is 0.271 e. The molecule has 0 saturated heterocycles. The Balaban J connectivity index is 2.08. The van der Waals surface area contributed by atoms with Gasteiger partial charge in [0, 0.05) is 5.56 Å². The third-order valence-electron chi connectivity index (χ3n) is 3.97. The van der Waals surface area contributed by atoms with Gasteiger partial charge in [0.1, 0.15) is 6.61 Å². The highest BCUT2D eigenvalue weighted by molar-refractivity contribution is 5.95. The Morgan fingerprint density at radius 2 is 1.61 bits per heavy atom. The lowest BCUT2D eigenvalue weighted by Crippen LogP contribution is -2.17. The second kappa shape index (κ2) is 13.0. The summed E-state index contributed by atoms with van der Waals surface area (Å²) in [5, 5.41) is 4.05. The van der Waals surface area contributed by atoms with E-state index in [1.54, 1.807) is 42.6 Å². The first-order valence-electron chi connectivity index (χ1n) is 10.4. The van der Waals surface area contributed by atoms with Gasteiger partial charge in [0.05, 0.1) is 26.0 Å². The molecule has 0 aromatic heterocycles. The zero-order chi connectivity index (χ0) is 22.5. The number of hydrazone groups is 1. The van der Waals surface area contributed by atoms with Crippen molar-refractivity contribution in [2.24, 2.45) is 5.10 Å². The summed E-state index contributed by atoms with van der Waals surface area (Å²) >= 11 is 0. The molecule has 7 heteroatoms. The lowest BCUT2D eigenvalue weighted by Gasteiger charge is -2.12. The summed E-state index contributed by atoms with van der Waals surface area (Å²) in [5.74, 6) is 2.02. The standard InChI is InChI=1S/C24H30N2O5/c1-5-13-30-20-11-9-18(15-22(20)28-7-3)17-25-26-24(27)19-10-12-21(31-14-6-2)23(16-19)29-8-4/h5,9-12,15-17H,1,6-8,13-14H2,2-4H3,(H,26,27)/b25-17+. The van der Waals surface area contributed by atoms with E-state index in [9.17, 15) is 4.79 Å². The molecule has 0 atom stereocenters. The SMILES string of the molecule is C=CCOc1ccc(/C=N/NC(=O)c2ccc(OCCC)c(OCC)c2)cc1OCC. The first-order valence-corrected chi connectivity index (χ1v) is 10.4. The molecule has 31 heavy (non-hydrogen) atoms. The van der Waals surface area contributed by atoms with Crippen molar-refractivity contribution >= 4 is 12.1 Å². The summed E-state index contributed by atoms with van der Waals surface area (Å²) in [6.07, 6.45) is 4.09. The molecular formula is C24H30N2O5. The molecule has 0 radical (unpaired) electrons. The fourth-order valence-electron chi connectivity index (χ4n) is 2.62. The number of ether oxygens (including phenoxy) is 4. The normalized spacial score (nSPS) is 10.5. The lowest BCUT2D eigenvalue weighted by molar-refractivity contribution is 0.0954. The second-order valence-corrected chi connectivity index (χ2v) is 6.38. The zero-order valence-electron chi connectivity index (χ0n) is 18.3. The average Bonchev–Trinajstić information content (AvgIpc) is 2.78. The van der Waals surface area contributed by atoms with Gasteiger partial charge in [-0.25, -0.2) is 5.43 Å². The summed E-state index contributed by atoms with van der Waals surface area (Å²) in [7, 11) is 0. The van der Waals surface area contributed by atoms with Crippen molar-refractivity contribution in [3.05, 3.63) is 60.2 Å². The van der Waals surface area contributed by atoms with E-state index in [2.05, 4.69) is 17.1 Å². The second-order valence-electron chi connectivity index (χ2n) is 6.38. The van der Waals surface area contributed by atoms with Gasteiger partial charge in [-0.3, -0.25) is 4.79 Å². The number of hydrogen-bond donors (Lipinski definition) is 1. The summed E-state index contributed by atoms with van der Waals surface area (Å²) < 4.78 is 22.5. The molecule has 0 saturated carbocycles. The fourth-order valence-corrected chi connectivity index (χ4v) is 2.62. The van der Waals surface area contributed by atoms with Crippen LogP contribution in [0.25, 0.3) is 0 Å². The van der Waals surface area contributed by atoms with E-state index < -0.39 is 0 Å². The van der Waals surface area contributed by atoms with Crippen LogP contribution in [-0.4, -0.2) is 38.5 Å². The summed E-state index contributed by atoms with van der Waals surface area (Å²) in [6.45, 7) is 11.4. The molecule has 0 aliphatic rings. The van der Waals surface area contributed by atoms with Gasteiger partial charge in [-0.2, -0.15) is 5.10 Å². The molecule has 7 nitrogen and oxygen atoms in total. The minimum atomic E-state index is -0.352. The maximum atomic E-state index is 12.5. The number of carbonyl (C=O) groups is 1. The van der Waals surface area contributed by atoms with E-state index >= 15 is 0 Å². The van der Waals surface area contributed by atoms with Crippen molar-refractivity contribution in [3.63, 3.8) is 0 Å². The molecule has 166 valence electrons. The lowest BCUT2D eigenvalue weighted by atomic mass is 10.2. The van der Waals surface area contributed by atoms with E-state index in [1.807, 2.05) is 26.8 Å². The molecule has 0 aliphatic heterocycles. The summed E-state index contributed by atoms with van der Waals surface area (Å²) in [6, 6.07) is 10.5. The fraction of sp³-hybridized carbons (Fsp3) is 0.333. The molecule has 0 fully saturated rings. The molecule has 1 N–H and O–H groups in total. The molecular weight excluding hydrogens is 396 g/mol. The number of rotatable bonds is 13. The molecule has 1 amide bonds. The van der Waals surface area contributed by atoms with Crippen LogP contribution in [-0.2, 0) is 0 Å². The van der Waals surface area contributed by atoms with Crippen LogP contribution >= 0.6 is 0 Å². The van der Waals surface area contributed by atoms with Crippen molar-refractivity contribution in [2.75, 3.05) is 26.4 Å². The Hall–Kier alpha value is -3.48. The van der Waals surface area contributed by atoms with Crippen LogP contribution in [0.1, 0.15) is 43.1 Å². The van der Waals surface area contributed by atoms with Gasteiger partial charge in [0.15, 0.2) is 23.0 Å². The number of carbonyl (C=O) groups excluding carboxylic acids is 1. The Morgan fingerprint density at radius 3 is 2.29 bits per heavy atom. The van der Waals surface area contributed by atoms with Crippen LogP contribution in [0.2, 0.25) is 0 Å². The number of nitrogens with one attached hydrogen (secondary N) is 1. The first kappa shape index (κ1) is 23.8. The van der Waals surface area contributed by atoms with Crippen LogP contribution < -0.4 is 24.4 Å². The number of amides is 1. The van der Waals surface area contributed by atoms with Gasteiger partial charge in [0.25, 0.3) is 5.91 Å². The van der Waals surface area contributed by atoms with Gasteiger partial charge < -0.3 is 18.9 Å². The molecule has 2 aromatic carbocycles. The Bertz CT molecular complexity index is 896. The molecule has 2 rings (SSSR count). The quantitative estimate of drug-likeness (QED) is 0.288. The number of hydrogen-bond acceptors (Lipinski definition) is 6. The Kier molecular flexibility index (Phi) is 9.94. The first-order chi connectivity index (χ1) is 15.1. The third-order valence-corrected chi connectivity index (χ3v) is 3.97. The van der Waals surface area contributed by atoms with Crippen LogP contribution in [0, 0.1) is 0 Å². The Morgan fingerprint density at radius 1 is 0.935 bits per heavy atom. The van der Waals surface area contributed by atoms with Gasteiger partial charge in [0.2, 0.25) is 0 Å². The minimum absolute atomic E-state index is 0.352. The van der Waals surface area contributed by atoms with Crippen molar-refractivity contribution < 1.29 is 23.7 Å². The van der Waals surface area contributed by atoms with Crippen LogP contribution in [0.3, 0.4) is 0 Å². The smallest absolute Gasteiger partial charge is 0.271 e. The summed E-state index contributed by atoms with van der Waals surface area (Å²) in [5.41, 5.74) is 3.71. The van der Waals surface area contributed by atoms with Gasteiger partial charge in [-0.1, -0.05) is 19.6 Å². The molecule has 2 aromatic rings. The number of benzene rings is 2. The van der Waals surface area contributed by atoms with Gasteiger partial charge >= 0.3 is 0 Å². The maximum absolute atomic E-state index is 12.5. The topological polar surface area (TPSA) is 78.4 Å². The van der Waals surface area contributed by atoms with Gasteiger partial charge in [-0.05, 0) is 62.2 Å². The molecule has 0 unspecified atom stereocenters. The summed E-state index contributed by atoms with van der Waals surface area (Å²) in [4.78, 5) is 12.5. The number of nitrogens with zero attached hydrogens (tertiary/aromatic N) is 1. The van der Waals surface area contributed by atoms with E-state index in [0.29, 0.717) is 55.0 Å². The highest BCUT2D eigenvalue weighted by atomic mass is 16.5. The third kappa shape index (κ3) is 7.37. The predicted octanol–water partition coefficient (Wildman–Crippen LogP) is 4.60. The van der Waals surface area contributed by atoms with Crippen molar-refractivity contribution in [2.45, 2.75) is 27.2 Å². The van der Waals surface area contributed by atoms with Crippen LogP contribution in [0.15, 0.2) is 54.2 Å². The van der Waals surface area contributed by atoms with Crippen molar-refractivity contribution in [1.82, 2.24) is 5.43 Å². The highest BCUT2D eigenvalue weighted by Crippen LogP contribution is 2.29. The van der Waals surface area contributed by atoms with Crippen LogP contribution in [0.5, 0.6) is 23.0 Å². The Labute approximate surface area is 183 Å². The van der Waals surface area contributed by atoms with Crippen molar-refractivity contribution in [3.8, 4) is 23.0 Å². The molecule has 0 bridgehead atoms. The van der Waals surface area contributed by atoms with E-state index in [4.69, 9.17) is 18.9 Å². The zero-order valence-corrected chi connectivity index (χ0v) is 18.3. The monoisotopic (exact) mass is 426 g/mol. The van der Waals surface area contributed by atoms with E-state index in [1.165, 1.54) is 0 Å². The molecule has 0 spiro atoms. The van der Waals surface area contributed by atoms with Crippen molar-refractivity contribution in [1.29, 1.82) is 0 Å². The highest BCUT2D eigenvalue weighted by Gasteiger charge is 2.11. The molecule has 0 heterocycles. The van der Waals surface area contributed by atoms with Gasteiger partial charge in [-0.15, -0.1) is 0 Å². The average molecular weight is 427 g/mol. The van der Waals surface area contributed by atoms with Crippen LogP contribution in [0.4, 0.5) is 0 Å².